The number of nitrogens with zero attached hydrogens (tertiary/aromatic N) is 2. The molecule has 0 bridgehead atoms. The summed E-state index contributed by atoms with van der Waals surface area (Å²) >= 11 is 6.11. The molecule has 1 aromatic rings. The lowest BCUT2D eigenvalue weighted by Gasteiger charge is -2.31. The Balaban J connectivity index is 2.17. The maximum atomic E-state index is 12.6. The first-order valence-corrected chi connectivity index (χ1v) is 8.39. The van der Waals surface area contributed by atoms with Crippen molar-refractivity contribution in [1.29, 1.82) is 0 Å². The van der Waals surface area contributed by atoms with Crippen LogP contribution in [0.1, 0.15) is 12.5 Å². The van der Waals surface area contributed by atoms with Crippen molar-refractivity contribution >= 4 is 21.8 Å². The van der Waals surface area contributed by atoms with Gasteiger partial charge in [-0.15, -0.1) is 0 Å². The first-order valence-electron chi connectivity index (χ1n) is 6.62. The number of rotatable bonds is 5. The average molecular weight is 319 g/mol. The second kappa shape index (κ2) is 6.87. The van der Waals surface area contributed by atoms with Crippen LogP contribution < -0.4 is 0 Å². The molecule has 20 heavy (non-hydrogen) atoms. The van der Waals surface area contributed by atoms with Gasteiger partial charge in [0.1, 0.15) is 0 Å². The summed E-state index contributed by atoms with van der Waals surface area (Å²) in [6.45, 7) is 4.23. The highest BCUT2D eigenvalue weighted by atomic mass is 35.5. The smallest absolute Gasteiger partial charge is 0.282 e. The van der Waals surface area contributed by atoms with Gasteiger partial charge in [-0.3, -0.25) is 0 Å². The van der Waals surface area contributed by atoms with Crippen molar-refractivity contribution in [1.82, 2.24) is 8.61 Å². The molecule has 1 aromatic carbocycles. The SMILES string of the molecule is CCN(Cc1ccccc1Cl)S(=O)(=O)N1CCOCC1. The number of hydrogen-bond donors (Lipinski definition) is 0. The fraction of sp³-hybridized carbons (Fsp3) is 0.538. The molecule has 0 saturated carbocycles. The van der Waals surface area contributed by atoms with Crippen molar-refractivity contribution in [2.24, 2.45) is 0 Å². The minimum atomic E-state index is -3.46. The van der Waals surface area contributed by atoms with Gasteiger partial charge in [-0.1, -0.05) is 36.7 Å². The van der Waals surface area contributed by atoms with Crippen LogP contribution in [0.15, 0.2) is 24.3 Å². The molecule has 7 heteroatoms. The molecule has 2 rings (SSSR count). The molecule has 1 fully saturated rings. The number of benzene rings is 1. The zero-order valence-electron chi connectivity index (χ0n) is 11.5. The highest BCUT2D eigenvalue weighted by molar-refractivity contribution is 7.86. The maximum Gasteiger partial charge on any atom is 0.282 e. The third-order valence-electron chi connectivity index (χ3n) is 3.28. The summed E-state index contributed by atoms with van der Waals surface area (Å²) in [4.78, 5) is 0. The van der Waals surface area contributed by atoms with Gasteiger partial charge in [0.05, 0.1) is 13.2 Å². The Bertz CT molecular complexity index is 544. The number of hydrogen-bond acceptors (Lipinski definition) is 3. The van der Waals surface area contributed by atoms with E-state index in [0.717, 1.165) is 5.56 Å². The molecule has 0 radical (unpaired) electrons. The van der Waals surface area contributed by atoms with Gasteiger partial charge in [-0.05, 0) is 11.6 Å². The Morgan fingerprint density at radius 3 is 2.55 bits per heavy atom. The van der Waals surface area contributed by atoms with Crippen molar-refractivity contribution in [2.45, 2.75) is 13.5 Å². The summed E-state index contributed by atoms with van der Waals surface area (Å²) in [5.74, 6) is 0. The Kier molecular flexibility index (Phi) is 5.40. The van der Waals surface area contributed by atoms with Crippen LogP contribution in [0.5, 0.6) is 0 Å². The standard InChI is InChI=1S/C13H19ClN2O3S/c1-2-15(11-12-5-3-4-6-13(12)14)20(17,18)16-7-9-19-10-8-16/h3-6H,2,7-11H2,1H3. The zero-order valence-corrected chi connectivity index (χ0v) is 13.0. The van der Waals surface area contributed by atoms with E-state index in [1.54, 1.807) is 6.07 Å². The molecule has 0 N–H and O–H groups in total. The second-order valence-electron chi connectivity index (χ2n) is 4.54. The van der Waals surface area contributed by atoms with Gasteiger partial charge in [-0.2, -0.15) is 17.0 Å². The van der Waals surface area contributed by atoms with E-state index in [4.69, 9.17) is 16.3 Å². The average Bonchev–Trinajstić information content (AvgIpc) is 2.47. The Hall–Kier alpha value is -0.660. The first kappa shape index (κ1) is 15.7. The number of ether oxygens (including phenoxy) is 1. The largest absolute Gasteiger partial charge is 0.379 e. The number of halogens is 1. The molecule has 0 spiro atoms. The molecule has 0 atom stereocenters. The van der Waals surface area contributed by atoms with E-state index in [-0.39, 0.29) is 6.54 Å². The van der Waals surface area contributed by atoms with Gasteiger partial charge in [0, 0.05) is 31.2 Å². The van der Waals surface area contributed by atoms with Crippen molar-refractivity contribution in [2.75, 3.05) is 32.8 Å². The summed E-state index contributed by atoms with van der Waals surface area (Å²) in [6.07, 6.45) is 0. The molecule has 1 aliphatic heterocycles. The first-order chi connectivity index (χ1) is 9.55. The Labute approximate surface area is 125 Å². The van der Waals surface area contributed by atoms with E-state index in [1.165, 1.54) is 8.61 Å². The highest BCUT2D eigenvalue weighted by Crippen LogP contribution is 2.20. The molecular weight excluding hydrogens is 300 g/mol. The molecule has 1 aliphatic rings. The molecule has 0 amide bonds. The van der Waals surface area contributed by atoms with Crippen LogP contribution >= 0.6 is 11.6 Å². The van der Waals surface area contributed by atoms with E-state index < -0.39 is 10.2 Å². The van der Waals surface area contributed by atoms with Crippen LogP contribution in [0.3, 0.4) is 0 Å². The van der Waals surface area contributed by atoms with Gasteiger partial charge >= 0.3 is 0 Å². The molecule has 1 heterocycles. The van der Waals surface area contributed by atoms with Crippen molar-refractivity contribution in [3.05, 3.63) is 34.9 Å². The second-order valence-corrected chi connectivity index (χ2v) is 6.87. The summed E-state index contributed by atoms with van der Waals surface area (Å²) in [5, 5.41) is 0.586. The minimum Gasteiger partial charge on any atom is -0.379 e. The minimum absolute atomic E-state index is 0.288. The monoisotopic (exact) mass is 318 g/mol. The van der Waals surface area contributed by atoms with Gasteiger partial charge in [-0.25, -0.2) is 0 Å². The predicted molar refractivity (Wildman–Crippen MR) is 78.8 cm³/mol. The van der Waals surface area contributed by atoms with Gasteiger partial charge in [0.15, 0.2) is 0 Å². The highest BCUT2D eigenvalue weighted by Gasteiger charge is 2.30. The molecule has 0 aromatic heterocycles. The van der Waals surface area contributed by atoms with E-state index in [0.29, 0.717) is 37.9 Å². The van der Waals surface area contributed by atoms with Crippen LogP contribution in [0, 0.1) is 0 Å². The van der Waals surface area contributed by atoms with Crippen molar-refractivity contribution < 1.29 is 13.2 Å². The third kappa shape index (κ3) is 3.51. The topological polar surface area (TPSA) is 49.9 Å². The lowest BCUT2D eigenvalue weighted by molar-refractivity contribution is 0.0701. The van der Waals surface area contributed by atoms with Crippen LogP contribution in [0.25, 0.3) is 0 Å². The Morgan fingerprint density at radius 2 is 1.95 bits per heavy atom. The lowest BCUT2D eigenvalue weighted by atomic mass is 10.2. The Morgan fingerprint density at radius 1 is 1.30 bits per heavy atom. The fourth-order valence-corrected chi connectivity index (χ4v) is 3.87. The van der Waals surface area contributed by atoms with E-state index in [2.05, 4.69) is 0 Å². The summed E-state index contributed by atoms with van der Waals surface area (Å²) in [7, 11) is -3.46. The third-order valence-corrected chi connectivity index (χ3v) is 5.71. The van der Waals surface area contributed by atoms with Crippen LogP contribution in [-0.2, 0) is 21.5 Å². The summed E-state index contributed by atoms with van der Waals surface area (Å²) in [5.41, 5.74) is 0.813. The summed E-state index contributed by atoms with van der Waals surface area (Å²) < 4.78 is 33.3. The molecule has 5 nitrogen and oxygen atoms in total. The molecule has 112 valence electrons. The van der Waals surface area contributed by atoms with Gasteiger partial charge in [0.25, 0.3) is 10.2 Å². The molecule has 0 unspecified atom stereocenters. The van der Waals surface area contributed by atoms with E-state index >= 15 is 0 Å². The molecular formula is C13H19ClN2O3S. The predicted octanol–water partition coefficient (Wildman–Crippen LogP) is 1.74. The quantitative estimate of drug-likeness (QED) is 0.831. The van der Waals surface area contributed by atoms with Crippen molar-refractivity contribution in [3.8, 4) is 0 Å². The maximum absolute atomic E-state index is 12.6. The normalized spacial score (nSPS) is 17.6. The fourth-order valence-electron chi connectivity index (χ4n) is 2.11. The van der Waals surface area contributed by atoms with Gasteiger partial charge < -0.3 is 4.74 Å². The summed E-state index contributed by atoms with van der Waals surface area (Å²) in [6, 6.07) is 7.31. The number of morpholine rings is 1. The van der Waals surface area contributed by atoms with Crippen molar-refractivity contribution in [3.63, 3.8) is 0 Å². The van der Waals surface area contributed by atoms with Crippen LogP contribution in [0.4, 0.5) is 0 Å². The zero-order chi connectivity index (χ0) is 14.6. The van der Waals surface area contributed by atoms with E-state index in [1.807, 2.05) is 25.1 Å². The van der Waals surface area contributed by atoms with Gasteiger partial charge in [0.2, 0.25) is 0 Å². The van der Waals surface area contributed by atoms with E-state index in [9.17, 15) is 8.42 Å². The van der Waals surface area contributed by atoms with Crippen LogP contribution in [0.2, 0.25) is 5.02 Å². The molecule has 0 aliphatic carbocycles. The molecule has 1 saturated heterocycles. The van der Waals surface area contributed by atoms with Crippen LogP contribution in [-0.4, -0.2) is 49.9 Å². The lowest BCUT2D eigenvalue weighted by Crippen LogP contribution is -2.48.